The summed E-state index contributed by atoms with van der Waals surface area (Å²) in [5, 5.41) is -0.0219. The molecule has 1 aliphatic heterocycles. The Morgan fingerprint density at radius 1 is 1.00 bits per heavy atom. The first-order chi connectivity index (χ1) is 14.2. The average molecular weight is 404 g/mol. The number of carbonyl (C=O) groups is 2. The maximum absolute atomic E-state index is 13.2. The number of hydrogen-bond donors (Lipinski definition) is 0. The van der Waals surface area contributed by atoms with Gasteiger partial charge in [0.1, 0.15) is 5.75 Å². The largest absolute Gasteiger partial charge is 0.497 e. The summed E-state index contributed by atoms with van der Waals surface area (Å²) in [4.78, 5) is 28.6. The van der Waals surface area contributed by atoms with E-state index in [0.717, 1.165) is 21.9 Å². The highest BCUT2D eigenvalue weighted by molar-refractivity contribution is 7.99. The van der Waals surface area contributed by atoms with Gasteiger partial charge < -0.3 is 9.64 Å². The molecular formula is C24H21NO3S. The van der Waals surface area contributed by atoms with Crippen LogP contribution < -0.4 is 9.64 Å². The Labute approximate surface area is 174 Å². The van der Waals surface area contributed by atoms with Crippen LogP contribution in [0.15, 0.2) is 83.8 Å². The summed E-state index contributed by atoms with van der Waals surface area (Å²) < 4.78 is 5.24. The molecule has 1 atom stereocenters. The second kappa shape index (κ2) is 8.53. The Morgan fingerprint density at radius 3 is 2.41 bits per heavy atom. The lowest BCUT2D eigenvalue weighted by Gasteiger charge is -2.22. The molecular weight excluding hydrogens is 382 g/mol. The van der Waals surface area contributed by atoms with Gasteiger partial charge in [-0.05, 0) is 29.8 Å². The molecule has 29 heavy (non-hydrogen) atoms. The predicted molar refractivity (Wildman–Crippen MR) is 116 cm³/mol. The maximum atomic E-state index is 13.2. The van der Waals surface area contributed by atoms with Crippen molar-refractivity contribution in [2.75, 3.05) is 18.6 Å². The molecule has 0 aliphatic carbocycles. The maximum Gasteiger partial charge on any atom is 0.228 e. The van der Waals surface area contributed by atoms with Crippen LogP contribution in [0.2, 0.25) is 0 Å². The van der Waals surface area contributed by atoms with E-state index in [9.17, 15) is 9.59 Å². The first-order valence-corrected chi connectivity index (χ1v) is 10.3. The van der Waals surface area contributed by atoms with Gasteiger partial charge in [-0.15, -0.1) is 11.8 Å². The summed E-state index contributed by atoms with van der Waals surface area (Å²) >= 11 is 1.66. The number of Topliss-reactive ketones (excluding diaryl/α,β-unsaturated/α-hetero) is 1. The lowest BCUT2D eigenvalue weighted by molar-refractivity contribution is -0.118. The van der Waals surface area contributed by atoms with Crippen LogP contribution in [0.5, 0.6) is 5.75 Å². The van der Waals surface area contributed by atoms with E-state index in [1.54, 1.807) is 35.9 Å². The van der Waals surface area contributed by atoms with Gasteiger partial charge in [0.2, 0.25) is 5.91 Å². The number of methoxy groups -OCH3 is 1. The van der Waals surface area contributed by atoms with Crippen molar-refractivity contribution in [3.8, 4) is 5.75 Å². The van der Waals surface area contributed by atoms with E-state index in [1.165, 1.54) is 0 Å². The van der Waals surface area contributed by atoms with Gasteiger partial charge >= 0.3 is 0 Å². The molecule has 146 valence electrons. The van der Waals surface area contributed by atoms with Crippen molar-refractivity contribution < 1.29 is 14.3 Å². The smallest absolute Gasteiger partial charge is 0.228 e. The summed E-state index contributed by atoms with van der Waals surface area (Å²) in [6.07, 6.45) is 0.327. The van der Waals surface area contributed by atoms with Gasteiger partial charge in [0, 0.05) is 22.1 Å². The fourth-order valence-electron chi connectivity index (χ4n) is 3.41. The molecule has 5 heteroatoms. The zero-order valence-electron chi connectivity index (χ0n) is 16.1. The van der Waals surface area contributed by atoms with Crippen LogP contribution in [0, 0.1) is 0 Å². The molecule has 1 amide bonds. The SMILES string of the molecule is COc1ccc([C@@H]2CC(=O)N(CC(=O)c3ccccc3)c3ccccc3S2)cc1. The topological polar surface area (TPSA) is 46.6 Å². The van der Waals surface area contributed by atoms with Crippen LogP contribution in [-0.2, 0) is 4.79 Å². The fourth-order valence-corrected chi connectivity index (χ4v) is 4.70. The minimum absolute atomic E-state index is 0.0219. The molecule has 4 rings (SSSR count). The molecule has 0 unspecified atom stereocenters. The zero-order chi connectivity index (χ0) is 20.2. The average Bonchev–Trinajstić information content (AvgIpc) is 2.91. The molecule has 0 N–H and O–H groups in total. The molecule has 0 aromatic heterocycles. The van der Waals surface area contributed by atoms with E-state index >= 15 is 0 Å². The molecule has 4 nitrogen and oxygen atoms in total. The van der Waals surface area contributed by atoms with Crippen LogP contribution in [0.25, 0.3) is 0 Å². The normalized spacial score (nSPS) is 16.1. The third-order valence-electron chi connectivity index (χ3n) is 4.97. The lowest BCUT2D eigenvalue weighted by atomic mass is 10.1. The van der Waals surface area contributed by atoms with Crippen molar-refractivity contribution in [1.82, 2.24) is 0 Å². The Kier molecular flexibility index (Phi) is 5.67. The third-order valence-corrected chi connectivity index (χ3v) is 6.29. The van der Waals surface area contributed by atoms with E-state index in [4.69, 9.17) is 4.74 Å². The molecule has 0 radical (unpaired) electrons. The standard InChI is InChI=1S/C24H21NO3S/c1-28-19-13-11-18(12-14-19)23-15-24(27)25(20-9-5-6-10-22(20)29-23)16-21(26)17-7-3-2-4-8-17/h2-14,23H,15-16H2,1H3/t23-/m0/s1. The van der Waals surface area contributed by atoms with Crippen molar-refractivity contribution in [1.29, 1.82) is 0 Å². The van der Waals surface area contributed by atoms with Gasteiger partial charge in [0.05, 0.1) is 19.3 Å². The van der Waals surface area contributed by atoms with Gasteiger partial charge in [0.15, 0.2) is 5.78 Å². The number of thioether (sulfide) groups is 1. The van der Waals surface area contributed by atoms with Crippen LogP contribution in [0.3, 0.4) is 0 Å². The number of anilines is 1. The van der Waals surface area contributed by atoms with Gasteiger partial charge in [0.25, 0.3) is 0 Å². The van der Waals surface area contributed by atoms with Crippen molar-refractivity contribution in [2.45, 2.75) is 16.6 Å². The second-order valence-corrected chi connectivity index (χ2v) is 8.07. The number of fused-ring (bicyclic) bond motifs is 1. The van der Waals surface area contributed by atoms with Crippen LogP contribution in [0.1, 0.15) is 27.6 Å². The van der Waals surface area contributed by atoms with E-state index in [2.05, 4.69) is 0 Å². The second-order valence-electron chi connectivity index (χ2n) is 6.82. The van der Waals surface area contributed by atoms with Crippen molar-refractivity contribution in [3.63, 3.8) is 0 Å². The first kappa shape index (κ1) is 19.3. The summed E-state index contributed by atoms with van der Waals surface area (Å²) in [7, 11) is 1.64. The van der Waals surface area contributed by atoms with E-state index < -0.39 is 0 Å². The molecule has 3 aromatic carbocycles. The number of ketones is 1. The Morgan fingerprint density at radius 2 is 1.69 bits per heavy atom. The van der Waals surface area contributed by atoms with Crippen molar-refractivity contribution >= 4 is 29.1 Å². The van der Waals surface area contributed by atoms with E-state index in [0.29, 0.717) is 12.0 Å². The Bertz CT molecular complexity index is 1020. The van der Waals surface area contributed by atoms with Crippen molar-refractivity contribution in [2.24, 2.45) is 0 Å². The molecule has 0 saturated carbocycles. The van der Waals surface area contributed by atoms with Gasteiger partial charge in [-0.2, -0.15) is 0 Å². The quantitative estimate of drug-likeness (QED) is 0.553. The summed E-state index contributed by atoms with van der Waals surface area (Å²) in [6.45, 7) is 0.0375. The van der Waals surface area contributed by atoms with Gasteiger partial charge in [-0.1, -0.05) is 54.6 Å². The van der Waals surface area contributed by atoms with Gasteiger partial charge in [-0.3, -0.25) is 9.59 Å². The number of hydrogen-bond acceptors (Lipinski definition) is 4. The summed E-state index contributed by atoms with van der Waals surface area (Å²) in [5.74, 6) is 0.670. The number of nitrogens with zero attached hydrogens (tertiary/aromatic N) is 1. The molecule has 1 aliphatic rings. The Hall–Kier alpha value is -3.05. The Balaban J connectivity index is 1.64. The molecule has 3 aromatic rings. The van der Waals surface area contributed by atoms with Crippen LogP contribution >= 0.6 is 11.8 Å². The monoisotopic (exact) mass is 403 g/mol. The highest BCUT2D eigenvalue weighted by Crippen LogP contribution is 2.45. The number of benzene rings is 3. The first-order valence-electron chi connectivity index (χ1n) is 9.44. The van der Waals surface area contributed by atoms with E-state index in [-0.39, 0.29) is 23.5 Å². The molecule has 0 bridgehead atoms. The van der Waals surface area contributed by atoms with Crippen LogP contribution in [0.4, 0.5) is 5.69 Å². The number of carbonyl (C=O) groups excluding carboxylic acids is 2. The number of para-hydroxylation sites is 1. The number of ether oxygens (including phenoxy) is 1. The fraction of sp³-hybridized carbons (Fsp3) is 0.167. The predicted octanol–water partition coefficient (Wildman–Crippen LogP) is 5.15. The van der Waals surface area contributed by atoms with Crippen molar-refractivity contribution in [3.05, 3.63) is 90.0 Å². The molecule has 0 fully saturated rings. The minimum atomic E-state index is -0.0679. The highest BCUT2D eigenvalue weighted by atomic mass is 32.2. The molecule has 1 heterocycles. The lowest BCUT2D eigenvalue weighted by Crippen LogP contribution is -2.35. The third kappa shape index (κ3) is 4.20. The molecule has 0 spiro atoms. The summed E-state index contributed by atoms with van der Waals surface area (Å²) in [6, 6.07) is 24.7. The molecule has 0 saturated heterocycles. The van der Waals surface area contributed by atoms with E-state index in [1.807, 2.05) is 66.7 Å². The number of rotatable bonds is 5. The zero-order valence-corrected chi connectivity index (χ0v) is 16.9. The minimum Gasteiger partial charge on any atom is -0.497 e. The highest BCUT2D eigenvalue weighted by Gasteiger charge is 2.30. The van der Waals surface area contributed by atoms with Crippen LogP contribution in [-0.4, -0.2) is 25.3 Å². The summed E-state index contributed by atoms with van der Waals surface area (Å²) in [5.41, 5.74) is 2.47. The number of amides is 1. The van der Waals surface area contributed by atoms with Gasteiger partial charge in [-0.25, -0.2) is 0 Å².